The third-order valence-corrected chi connectivity index (χ3v) is 6.83. The van der Waals surface area contributed by atoms with Gasteiger partial charge in [-0.25, -0.2) is 0 Å². The van der Waals surface area contributed by atoms with Crippen LogP contribution in [0.4, 0.5) is 0 Å². The molecule has 2 aliphatic carbocycles. The van der Waals surface area contributed by atoms with Crippen LogP contribution in [0.1, 0.15) is 12.8 Å². The van der Waals surface area contributed by atoms with E-state index in [1.807, 2.05) is 28.2 Å². The van der Waals surface area contributed by atoms with Crippen LogP contribution in [0.25, 0.3) is 0 Å². The Kier molecular flexibility index (Phi) is 4.55. The van der Waals surface area contributed by atoms with E-state index in [2.05, 4.69) is 0 Å². The van der Waals surface area contributed by atoms with Crippen LogP contribution in [-0.2, 0) is 28.7 Å². The zero-order valence-corrected chi connectivity index (χ0v) is 18.8. The molecule has 10 heteroatoms. The van der Waals surface area contributed by atoms with Gasteiger partial charge in [-0.05, 0) is 0 Å². The summed E-state index contributed by atoms with van der Waals surface area (Å²) in [6.45, 7) is 1.16. The lowest BCUT2D eigenvalue weighted by Gasteiger charge is -2.36. The second-order valence-corrected chi connectivity index (χ2v) is 9.57. The third kappa shape index (κ3) is 2.85. The van der Waals surface area contributed by atoms with Crippen LogP contribution < -0.4 is 0 Å². The fraction of sp³-hybridized carbons (Fsp3) is 0.636. The Labute approximate surface area is 186 Å². The van der Waals surface area contributed by atoms with Gasteiger partial charge in [0.05, 0.1) is 0 Å². The fourth-order valence-electron chi connectivity index (χ4n) is 5.21. The summed E-state index contributed by atoms with van der Waals surface area (Å²) in [5.74, 6) is -1.17. The van der Waals surface area contributed by atoms with Crippen molar-refractivity contribution in [1.29, 1.82) is 0 Å². The highest BCUT2D eigenvalue weighted by atomic mass is 16.6. The summed E-state index contributed by atoms with van der Waals surface area (Å²) in [6, 6.07) is 0. The number of hydrogen-bond donors (Lipinski definition) is 0. The monoisotopic (exact) mass is 444 g/mol. The van der Waals surface area contributed by atoms with Crippen LogP contribution in [0.5, 0.6) is 0 Å². The van der Waals surface area contributed by atoms with Crippen LogP contribution in [0.3, 0.4) is 0 Å². The Morgan fingerprint density at radius 2 is 1.12 bits per heavy atom. The Bertz CT molecular complexity index is 901. The van der Waals surface area contributed by atoms with Crippen LogP contribution in [0.2, 0.25) is 0 Å². The zero-order chi connectivity index (χ0) is 23.0. The van der Waals surface area contributed by atoms with Gasteiger partial charge in [-0.1, -0.05) is 0 Å². The lowest BCUT2D eigenvalue weighted by atomic mass is 10.0. The van der Waals surface area contributed by atoms with Gasteiger partial charge in [0.15, 0.2) is 0 Å². The van der Waals surface area contributed by atoms with E-state index in [9.17, 15) is 19.2 Å². The summed E-state index contributed by atoms with van der Waals surface area (Å²) in [5.41, 5.74) is -1.56. The first-order valence-electron chi connectivity index (χ1n) is 10.9. The minimum atomic E-state index is -1.38. The zero-order valence-electron chi connectivity index (χ0n) is 18.8. The number of epoxide rings is 2. The number of hydrogen-bond acceptors (Lipinski definition) is 8. The second kappa shape index (κ2) is 6.89. The van der Waals surface area contributed by atoms with Crippen molar-refractivity contribution in [3.63, 3.8) is 0 Å². The van der Waals surface area contributed by atoms with Gasteiger partial charge >= 0.3 is 0 Å². The number of piperazine rings is 1. The summed E-state index contributed by atoms with van der Waals surface area (Å²) >= 11 is 0. The molecule has 3 aliphatic heterocycles. The maximum absolute atomic E-state index is 13.2. The van der Waals surface area contributed by atoms with Crippen molar-refractivity contribution in [3.8, 4) is 0 Å². The van der Waals surface area contributed by atoms with Gasteiger partial charge in [0.2, 0.25) is 22.8 Å². The average molecular weight is 444 g/mol. The molecule has 172 valence electrons. The molecule has 5 rings (SSSR count). The maximum Gasteiger partial charge on any atom is 0.265 e. The average Bonchev–Trinajstić information content (AvgIpc) is 3.61. The summed E-state index contributed by atoms with van der Waals surface area (Å²) in [5, 5.41) is 0. The van der Waals surface area contributed by atoms with Crippen molar-refractivity contribution in [2.24, 2.45) is 0 Å². The van der Waals surface area contributed by atoms with E-state index in [-0.39, 0.29) is 49.6 Å². The quantitative estimate of drug-likeness (QED) is 0.302. The predicted molar refractivity (Wildman–Crippen MR) is 111 cm³/mol. The first kappa shape index (κ1) is 21.1. The molecule has 5 fully saturated rings. The normalized spacial score (nSPS) is 37.6. The van der Waals surface area contributed by atoms with Gasteiger partial charge in [0, 0.05) is 90.8 Å². The van der Waals surface area contributed by atoms with E-state index in [1.54, 1.807) is 32.0 Å². The van der Waals surface area contributed by atoms with Crippen LogP contribution in [0, 0.1) is 0 Å². The third-order valence-electron chi connectivity index (χ3n) is 6.83. The molecule has 2 amide bonds. The smallest absolute Gasteiger partial charge is 0.265 e. The van der Waals surface area contributed by atoms with E-state index in [4.69, 9.17) is 9.47 Å². The first-order chi connectivity index (χ1) is 15.1. The number of carbonyl (C=O) groups is 4. The molecule has 2 saturated carbocycles. The molecule has 32 heavy (non-hydrogen) atoms. The maximum atomic E-state index is 13.2. The highest BCUT2D eigenvalue weighted by molar-refractivity contribution is 6.23. The van der Waals surface area contributed by atoms with Gasteiger partial charge in [0.1, 0.15) is 12.2 Å². The molecule has 0 spiro atoms. The number of ketones is 2. The Morgan fingerprint density at radius 1 is 0.781 bits per heavy atom. The second-order valence-electron chi connectivity index (χ2n) is 9.57. The highest BCUT2D eigenvalue weighted by Gasteiger charge is 2.75. The highest BCUT2D eigenvalue weighted by Crippen LogP contribution is 2.52. The summed E-state index contributed by atoms with van der Waals surface area (Å²) in [4.78, 5) is 58.7. The number of nitrogens with zero attached hydrogens (tertiary/aromatic N) is 4. The summed E-state index contributed by atoms with van der Waals surface area (Å²) in [6.07, 6.45) is 3.57. The minimum absolute atomic E-state index is 0.260. The van der Waals surface area contributed by atoms with Crippen molar-refractivity contribution in [2.75, 3.05) is 54.4 Å². The number of carbonyl (C=O) groups excluding carboxylic acids is 4. The molecule has 0 aromatic carbocycles. The van der Waals surface area contributed by atoms with Crippen molar-refractivity contribution >= 4 is 23.4 Å². The number of ether oxygens (including phenoxy) is 2. The molecule has 4 unspecified atom stereocenters. The molecule has 5 aliphatic rings. The Morgan fingerprint density at radius 3 is 1.44 bits per heavy atom. The first-order valence-corrected chi connectivity index (χ1v) is 10.9. The molecule has 0 bridgehead atoms. The molecule has 0 N–H and O–H groups in total. The van der Waals surface area contributed by atoms with Gasteiger partial charge < -0.3 is 29.1 Å². The van der Waals surface area contributed by atoms with Crippen molar-refractivity contribution in [1.82, 2.24) is 19.6 Å². The van der Waals surface area contributed by atoms with Gasteiger partial charge in [-0.15, -0.1) is 0 Å². The van der Waals surface area contributed by atoms with Gasteiger partial charge in [-0.2, -0.15) is 0 Å². The number of amides is 2. The van der Waals surface area contributed by atoms with Crippen molar-refractivity contribution < 1.29 is 28.7 Å². The molecule has 0 radical (unpaired) electrons. The molecule has 0 aromatic heterocycles. The van der Waals surface area contributed by atoms with E-state index in [0.29, 0.717) is 24.0 Å². The SMILES string of the molecule is CN(C)/C=C1\CC2OC2(C(=O)N2CCN(C(=O)C34OC3C/C(=C\N(C)C)C4=O)CC2)C1=O. The van der Waals surface area contributed by atoms with Crippen LogP contribution in [0.15, 0.2) is 23.5 Å². The van der Waals surface area contributed by atoms with E-state index >= 15 is 0 Å². The van der Waals surface area contributed by atoms with E-state index in [1.165, 1.54) is 0 Å². The van der Waals surface area contributed by atoms with Crippen molar-refractivity contribution in [3.05, 3.63) is 23.5 Å². The molecular weight excluding hydrogens is 416 g/mol. The minimum Gasteiger partial charge on any atom is -0.383 e. The fourth-order valence-corrected chi connectivity index (χ4v) is 5.21. The van der Waals surface area contributed by atoms with Crippen LogP contribution >= 0.6 is 0 Å². The number of fused-ring (bicyclic) bond motifs is 2. The largest absolute Gasteiger partial charge is 0.383 e. The van der Waals surface area contributed by atoms with Crippen LogP contribution in [-0.4, -0.2) is 121 Å². The molecule has 3 heterocycles. The van der Waals surface area contributed by atoms with E-state index in [0.717, 1.165) is 0 Å². The Hall–Kier alpha value is -2.72. The molecule has 10 nitrogen and oxygen atoms in total. The molecule has 3 saturated heterocycles. The summed E-state index contributed by atoms with van der Waals surface area (Å²) in [7, 11) is 7.32. The lowest BCUT2D eigenvalue weighted by Crippen LogP contribution is -2.57. The lowest BCUT2D eigenvalue weighted by molar-refractivity contribution is -0.149. The number of Topliss-reactive ketones (excluding diaryl/α,β-unsaturated/α-hetero) is 2. The van der Waals surface area contributed by atoms with Crippen molar-refractivity contribution in [2.45, 2.75) is 36.3 Å². The van der Waals surface area contributed by atoms with E-state index < -0.39 is 23.4 Å². The van der Waals surface area contributed by atoms with Gasteiger partial charge in [0.25, 0.3) is 11.8 Å². The molecule has 0 aromatic rings. The predicted octanol–water partition coefficient (Wildman–Crippen LogP) is -1.23. The Balaban J connectivity index is 1.22. The van der Waals surface area contributed by atoms with Gasteiger partial charge in [-0.3, -0.25) is 19.2 Å². The summed E-state index contributed by atoms with van der Waals surface area (Å²) < 4.78 is 11.1. The number of rotatable bonds is 4. The molecular formula is C22H28N4O6. The molecule has 4 atom stereocenters. The topological polar surface area (TPSA) is 106 Å². The standard InChI is InChI=1S/C22H28N4O6/c1-23(2)11-13-9-15-21(31-15,17(13)27)19(29)25-5-7-26(8-6-25)20(30)22-16(32-22)10-14(18(22)28)12-24(3)4/h11-12,15-16H,5-10H2,1-4H3/b13-11+,14-12+.